The molecule has 1 heterocycles. The quantitative estimate of drug-likeness (QED) is 0.883. The maximum Gasteiger partial charge on any atom is 0.0240 e. The number of nitrogens with one attached hydrogen (secondary N) is 1. The van der Waals surface area contributed by atoms with E-state index < -0.39 is 0 Å². The van der Waals surface area contributed by atoms with Gasteiger partial charge in [-0.15, -0.1) is 0 Å². The van der Waals surface area contributed by atoms with E-state index in [4.69, 9.17) is 0 Å². The van der Waals surface area contributed by atoms with Crippen LogP contribution in [-0.2, 0) is 6.54 Å². The fraction of sp³-hybridized carbons (Fsp3) is 0.667. The van der Waals surface area contributed by atoms with Gasteiger partial charge in [0.15, 0.2) is 0 Å². The number of hydrogen-bond acceptors (Lipinski definition) is 2. The standard InChI is InChI=1S/C18H28N2/c1-14-6-5-7-16(15(14)2)12-20(18-9-10-18)13-17-8-3-4-11-19-17/h5-7,17-19H,3-4,8-13H2,1-2H3. The van der Waals surface area contributed by atoms with Crippen molar-refractivity contribution in [2.45, 2.75) is 64.6 Å². The lowest BCUT2D eigenvalue weighted by molar-refractivity contribution is 0.208. The van der Waals surface area contributed by atoms with Crippen LogP contribution in [0.4, 0.5) is 0 Å². The van der Waals surface area contributed by atoms with Gasteiger partial charge in [-0.05, 0) is 62.8 Å². The molecule has 1 aliphatic carbocycles. The monoisotopic (exact) mass is 272 g/mol. The van der Waals surface area contributed by atoms with E-state index in [9.17, 15) is 0 Å². The highest BCUT2D eigenvalue weighted by Gasteiger charge is 2.31. The lowest BCUT2D eigenvalue weighted by Gasteiger charge is -2.31. The molecule has 2 heteroatoms. The van der Waals surface area contributed by atoms with Crippen LogP contribution in [0.2, 0.25) is 0 Å². The molecule has 2 fully saturated rings. The minimum absolute atomic E-state index is 0.717. The van der Waals surface area contributed by atoms with Gasteiger partial charge >= 0.3 is 0 Å². The fourth-order valence-corrected chi connectivity index (χ4v) is 3.35. The molecule has 2 aliphatic rings. The first-order valence-corrected chi connectivity index (χ1v) is 8.26. The molecule has 1 unspecified atom stereocenters. The highest BCUT2D eigenvalue weighted by atomic mass is 15.2. The smallest absolute Gasteiger partial charge is 0.0240 e. The van der Waals surface area contributed by atoms with Crippen LogP contribution in [0.3, 0.4) is 0 Å². The summed E-state index contributed by atoms with van der Waals surface area (Å²) in [5.41, 5.74) is 4.43. The summed E-state index contributed by atoms with van der Waals surface area (Å²) in [6, 6.07) is 8.31. The summed E-state index contributed by atoms with van der Waals surface area (Å²) in [7, 11) is 0. The summed E-state index contributed by atoms with van der Waals surface area (Å²) in [4.78, 5) is 2.73. The zero-order valence-corrected chi connectivity index (χ0v) is 13.0. The number of nitrogens with zero attached hydrogens (tertiary/aromatic N) is 1. The molecule has 1 saturated carbocycles. The van der Waals surface area contributed by atoms with Gasteiger partial charge in [0.1, 0.15) is 0 Å². The van der Waals surface area contributed by atoms with Crippen LogP contribution in [-0.4, -0.2) is 30.1 Å². The Morgan fingerprint density at radius 1 is 1.15 bits per heavy atom. The molecule has 0 radical (unpaired) electrons. The van der Waals surface area contributed by atoms with Crippen LogP contribution >= 0.6 is 0 Å². The second kappa shape index (κ2) is 6.28. The highest BCUT2D eigenvalue weighted by Crippen LogP contribution is 2.30. The van der Waals surface area contributed by atoms with E-state index in [1.54, 1.807) is 0 Å². The van der Waals surface area contributed by atoms with E-state index in [-0.39, 0.29) is 0 Å². The van der Waals surface area contributed by atoms with E-state index >= 15 is 0 Å². The summed E-state index contributed by atoms with van der Waals surface area (Å²) in [6.07, 6.45) is 6.92. The van der Waals surface area contributed by atoms with Crippen LogP contribution in [0.1, 0.15) is 48.8 Å². The molecular formula is C18H28N2. The van der Waals surface area contributed by atoms with Gasteiger partial charge in [0, 0.05) is 25.2 Å². The Morgan fingerprint density at radius 2 is 2.00 bits per heavy atom. The molecule has 1 N–H and O–H groups in total. The zero-order chi connectivity index (χ0) is 13.9. The van der Waals surface area contributed by atoms with Crippen molar-refractivity contribution in [1.82, 2.24) is 10.2 Å². The minimum Gasteiger partial charge on any atom is -0.313 e. The molecule has 0 aromatic heterocycles. The van der Waals surface area contributed by atoms with Crippen molar-refractivity contribution in [3.8, 4) is 0 Å². The number of hydrogen-bond donors (Lipinski definition) is 1. The third-order valence-corrected chi connectivity index (χ3v) is 5.02. The Labute approximate surface area is 123 Å². The van der Waals surface area contributed by atoms with Crippen molar-refractivity contribution in [2.75, 3.05) is 13.1 Å². The Kier molecular flexibility index (Phi) is 4.42. The van der Waals surface area contributed by atoms with E-state index in [0.29, 0.717) is 0 Å². The number of benzene rings is 1. The average Bonchev–Trinajstić information content (AvgIpc) is 3.29. The summed E-state index contributed by atoms with van der Waals surface area (Å²) in [5.74, 6) is 0. The average molecular weight is 272 g/mol. The summed E-state index contributed by atoms with van der Waals surface area (Å²) < 4.78 is 0. The fourth-order valence-electron chi connectivity index (χ4n) is 3.35. The maximum atomic E-state index is 3.70. The predicted octanol–water partition coefficient (Wildman–Crippen LogP) is 3.41. The summed E-state index contributed by atoms with van der Waals surface area (Å²) >= 11 is 0. The third kappa shape index (κ3) is 3.42. The van der Waals surface area contributed by atoms with Crippen LogP contribution in [0.25, 0.3) is 0 Å². The van der Waals surface area contributed by atoms with Crippen molar-refractivity contribution in [2.24, 2.45) is 0 Å². The number of piperidine rings is 1. The van der Waals surface area contributed by atoms with Crippen molar-refractivity contribution in [1.29, 1.82) is 0 Å². The summed E-state index contributed by atoms with van der Waals surface area (Å²) in [6.45, 7) is 8.08. The molecule has 20 heavy (non-hydrogen) atoms. The van der Waals surface area contributed by atoms with Gasteiger partial charge in [0.2, 0.25) is 0 Å². The topological polar surface area (TPSA) is 15.3 Å². The second-order valence-electron chi connectivity index (χ2n) is 6.67. The second-order valence-corrected chi connectivity index (χ2v) is 6.67. The largest absolute Gasteiger partial charge is 0.313 e. The molecule has 2 nitrogen and oxygen atoms in total. The zero-order valence-electron chi connectivity index (χ0n) is 13.0. The van der Waals surface area contributed by atoms with Crippen LogP contribution in [0, 0.1) is 13.8 Å². The number of rotatable bonds is 5. The predicted molar refractivity (Wildman–Crippen MR) is 85.0 cm³/mol. The molecule has 1 atom stereocenters. The first-order chi connectivity index (χ1) is 9.74. The molecule has 110 valence electrons. The van der Waals surface area contributed by atoms with Crippen molar-refractivity contribution in [3.05, 3.63) is 34.9 Å². The minimum atomic E-state index is 0.717. The molecule has 1 aromatic rings. The van der Waals surface area contributed by atoms with E-state index in [2.05, 4.69) is 42.3 Å². The van der Waals surface area contributed by atoms with Gasteiger partial charge in [0.25, 0.3) is 0 Å². The normalized spacial score (nSPS) is 23.2. The maximum absolute atomic E-state index is 3.70. The van der Waals surface area contributed by atoms with Crippen LogP contribution in [0.5, 0.6) is 0 Å². The number of aryl methyl sites for hydroxylation is 1. The Hall–Kier alpha value is -0.860. The summed E-state index contributed by atoms with van der Waals surface area (Å²) in [5, 5.41) is 3.70. The lowest BCUT2D eigenvalue weighted by atomic mass is 10.0. The Bertz CT molecular complexity index is 445. The molecule has 0 amide bonds. The first kappa shape index (κ1) is 14.1. The van der Waals surface area contributed by atoms with E-state index in [1.807, 2.05) is 0 Å². The van der Waals surface area contributed by atoms with E-state index in [0.717, 1.165) is 18.6 Å². The molecule has 1 saturated heterocycles. The molecule has 3 rings (SSSR count). The molecule has 0 spiro atoms. The Morgan fingerprint density at radius 3 is 2.70 bits per heavy atom. The van der Waals surface area contributed by atoms with Gasteiger partial charge in [-0.2, -0.15) is 0 Å². The highest BCUT2D eigenvalue weighted by molar-refractivity contribution is 5.33. The van der Waals surface area contributed by atoms with Crippen molar-refractivity contribution >= 4 is 0 Å². The van der Waals surface area contributed by atoms with Crippen molar-refractivity contribution in [3.63, 3.8) is 0 Å². The first-order valence-electron chi connectivity index (χ1n) is 8.26. The Balaban J connectivity index is 1.66. The lowest BCUT2D eigenvalue weighted by Crippen LogP contribution is -2.44. The van der Waals surface area contributed by atoms with Crippen LogP contribution < -0.4 is 5.32 Å². The van der Waals surface area contributed by atoms with Gasteiger partial charge in [-0.25, -0.2) is 0 Å². The van der Waals surface area contributed by atoms with Crippen LogP contribution in [0.15, 0.2) is 18.2 Å². The van der Waals surface area contributed by atoms with E-state index in [1.165, 1.54) is 61.9 Å². The van der Waals surface area contributed by atoms with Crippen molar-refractivity contribution < 1.29 is 0 Å². The van der Waals surface area contributed by atoms with Gasteiger partial charge in [-0.1, -0.05) is 24.6 Å². The van der Waals surface area contributed by atoms with Gasteiger partial charge in [-0.3, -0.25) is 4.90 Å². The molecule has 0 bridgehead atoms. The van der Waals surface area contributed by atoms with Gasteiger partial charge in [0.05, 0.1) is 0 Å². The molecule has 1 aliphatic heterocycles. The molecule has 1 aromatic carbocycles. The SMILES string of the molecule is Cc1cccc(CN(CC2CCCCN2)C2CC2)c1C. The molecular weight excluding hydrogens is 244 g/mol. The third-order valence-electron chi connectivity index (χ3n) is 5.02. The van der Waals surface area contributed by atoms with Gasteiger partial charge < -0.3 is 5.32 Å².